The van der Waals surface area contributed by atoms with Crippen molar-refractivity contribution in [2.75, 3.05) is 6.54 Å². The summed E-state index contributed by atoms with van der Waals surface area (Å²) >= 11 is 0. The number of ether oxygens (including phenoxy) is 1. The first-order valence-electron chi connectivity index (χ1n) is 5.92. The Morgan fingerprint density at radius 3 is 2.56 bits per heavy atom. The van der Waals surface area contributed by atoms with Crippen molar-refractivity contribution >= 4 is 5.91 Å². The smallest absolute Gasteiger partial charge is 0.249 e. The van der Waals surface area contributed by atoms with Gasteiger partial charge in [-0.05, 0) is 25.2 Å². The monoisotopic (exact) mass is 229 g/mol. The molecule has 3 unspecified atom stereocenters. The minimum atomic E-state index is -0.532. The number of amides is 1. The van der Waals surface area contributed by atoms with Crippen LogP contribution in [0.3, 0.4) is 0 Å². The van der Waals surface area contributed by atoms with Gasteiger partial charge in [-0.25, -0.2) is 0 Å². The van der Waals surface area contributed by atoms with E-state index in [1.165, 1.54) is 0 Å². The zero-order valence-corrected chi connectivity index (χ0v) is 10.6. The van der Waals surface area contributed by atoms with Gasteiger partial charge in [-0.3, -0.25) is 4.79 Å². The zero-order valence-electron chi connectivity index (χ0n) is 10.6. The molecule has 16 heavy (non-hydrogen) atoms. The van der Waals surface area contributed by atoms with Crippen LogP contribution in [0.2, 0.25) is 0 Å². The first-order valence-corrected chi connectivity index (χ1v) is 5.92. The third kappa shape index (κ3) is 3.76. The Morgan fingerprint density at radius 1 is 1.50 bits per heavy atom. The summed E-state index contributed by atoms with van der Waals surface area (Å²) in [5, 5.41) is 12.5. The maximum Gasteiger partial charge on any atom is 0.249 e. The minimum Gasteiger partial charge on any atom is -0.391 e. The number of carbonyl (C=O) groups is 1. The van der Waals surface area contributed by atoms with Gasteiger partial charge >= 0.3 is 0 Å². The summed E-state index contributed by atoms with van der Waals surface area (Å²) < 4.78 is 5.45. The molecule has 0 spiro atoms. The molecule has 4 heteroatoms. The average molecular weight is 229 g/mol. The van der Waals surface area contributed by atoms with Crippen molar-refractivity contribution in [1.82, 2.24) is 5.32 Å². The van der Waals surface area contributed by atoms with Crippen molar-refractivity contribution in [2.24, 2.45) is 5.41 Å². The second-order valence-corrected chi connectivity index (χ2v) is 5.64. The van der Waals surface area contributed by atoms with E-state index in [-0.39, 0.29) is 30.1 Å². The van der Waals surface area contributed by atoms with E-state index in [9.17, 15) is 9.90 Å². The normalized spacial score (nSPS) is 27.8. The molecule has 3 atom stereocenters. The summed E-state index contributed by atoms with van der Waals surface area (Å²) in [5.41, 5.74) is -0.211. The van der Waals surface area contributed by atoms with Crippen LogP contribution in [0.4, 0.5) is 0 Å². The molecule has 1 heterocycles. The molecule has 1 saturated heterocycles. The molecule has 1 amide bonds. The van der Waals surface area contributed by atoms with Gasteiger partial charge < -0.3 is 15.2 Å². The van der Waals surface area contributed by atoms with Crippen molar-refractivity contribution in [3.8, 4) is 0 Å². The summed E-state index contributed by atoms with van der Waals surface area (Å²) in [7, 11) is 0. The second-order valence-electron chi connectivity index (χ2n) is 5.64. The summed E-state index contributed by atoms with van der Waals surface area (Å²) in [6, 6.07) is 0. The van der Waals surface area contributed by atoms with Crippen molar-refractivity contribution in [2.45, 2.75) is 58.8 Å². The Bertz CT molecular complexity index is 247. The highest BCUT2D eigenvalue weighted by Gasteiger charge is 2.29. The molecule has 94 valence electrons. The molecule has 0 bridgehead atoms. The SMILES string of the molecule is CC1CCC(C(=O)NCC(O)C(C)(C)C)O1. The fourth-order valence-corrected chi connectivity index (χ4v) is 1.61. The fraction of sp³-hybridized carbons (Fsp3) is 0.917. The number of carbonyl (C=O) groups excluding carboxylic acids is 1. The average Bonchev–Trinajstić information content (AvgIpc) is 2.59. The summed E-state index contributed by atoms with van der Waals surface area (Å²) in [6.45, 7) is 8.09. The van der Waals surface area contributed by atoms with E-state index in [2.05, 4.69) is 5.32 Å². The van der Waals surface area contributed by atoms with Gasteiger partial charge in [0.15, 0.2) is 0 Å². The van der Waals surface area contributed by atoms with E-state index >= 15 is 0 Å². The van der Waals surface area contributed by atoms with Crippen molar-refractivity contribution in [3.05, 3.63) is 0 Å². The van der Waals surface area contributed by atoms with Gasteiger partial charge in [-0.15, -0.1) is 0 Å². The van der Waals surface area contributed by atoms with Crippen LogP contribution in [0.5, 0.6) is 0 Å². The number of rotatable bonds is 3. The van der Waals surface area contributed by atoms with E-state index in [1.807, 2.05) is 27.7 Å². The van der Waals surface area contributed by atoms with Gasteiger partial charge in [0, 0.05) is 6.54 Å². The quantitative estimate of drug-likeness (QED) is 0.761. The van der Waals surface area contributed by atoms with Crippen LogP contribution in [-0.2, 0) is 9.53 Å². The molecule has 1 aliphatic rings. The van der Waals surface area contributed by atoms with Gasteiger partial charge in [0.25, 0.3) is 0 Å². The first-order chi connectivity index (χ1) is 7.30. The van der Waals surface area contributed by atoms with Crippen LogP contribution in [0.1, 0.15) is 40.5 Å². The predicted molar refractivity (Wildman–Crippen MR) is 62.0 cm³/mol. The number of hydrogen-bond donors (Lipinski definition) is 2. The molecule has 0 aliphatic carbocycles. The van der Waals surface area contributed by atoms with E-state index in [1.54, 1.807) is 0 Å². The van der Waals surface area contributed by atoms with E-state index in [0.29, 0.717) is 0 Å². The lowest BCUT2D eigenvalue weighted by Crippen LogP contribution is -2.43. The standard InChI is InChI=1S/C12H23NO3/c1-8-5-6-9(16-8)11(15)13-7-10(14)12(2,3)4/h8-10,14H,5-7H2,1-4H3,(H,13,15). The zero-order chi connectivity index (χ0) is 12.3. The number of aliphatic hydroxyl groups is 1. The third-order valence-electron chi connectivity index (χ3n) is 2.99. The molecule has 4 nitrogen and oxygen atoms in total. The Kier molecular flexibility index (Phi) is 4.33. The van der Waals surface area contributed by atoms with Gasteiger partial charge in [-0.1, -0.05) is 20.8 Å². The highest BCUT2D eigenvalue weighted by molar-refractivity contribution is 5.81. The third-order valence-corrected chi connectivity index (χ3v) is 2.99. The maximum atomic E-state index is 11.7. The minimum absolute atomic E-state index is 0.104. The van der Waals surface area contributed by atoms with Crippen LogP contribution < -0.4 is 5.32 Å². The van der Waals surface area contributed by atoms with Crippen molar-refractivity contribution < 1.29 is 14.6 Å². The van der Waals surface area contributed by atoms with Gasteiger partial charge in [0.05, 0.1) is 12.2 Å². The number of aliphatic hydroxyl groups excluding tert-OH is 1. The van der Waals surface area contributed by atoms with Crippen molar-refractivity contribution in [3.63, 3.8) is 0 Å². The van der Waals surface area contributed by atoms with E-state index < -0.39 is 6.10 Å². The Hall–Kier alpha value is -0.610. The van der Waals surface area contributed by atoms with Crippen LogP contribution in [0, 0.1) is 5.41 Å². The van der Waals surface area contributed by atoms with Gasteiger partial charge in [0.1, 0.15) is 6.10 Å². The molecule has 1 rings (SSSR count). The molecule has 0 aromatic heterocycles. The number of nitrogens with one attached hydrogen (secondary N) is 1. The van der Waals surface area contributed by atoms with Gasteiger partial charge in [0.2, 0.25) is 5.91 Å². The predicted octanol–water partition coefficient (Wildman–Crippen LogP) is 1.08. The highest BCUT2D eigenvalue weighted by Crippen LogP contribution is 2.20. The largest absolute Gasteiger partial charge is 0.391 e. The summed E-state index contributed by atoms with van der Waals surface area (Å²) in [4.78, 5) is 11.7. The lowest BCUT2D eigenvalue weighted by atomic mass is 9.89. The molecule has 1 aliphatic heterocycles. The van der Waals surface area contributed by atoms with Crippen LogP contribution in [0.25, 0.3) is 0 Å². The molecular weight excluding hydrogens is 206 g/mol. The Morgan fingerprint density at radius 2 is 2.12 bits per heavy atom. The highest BCUT2D eigenvalue weighted by atomic mass is 16.5. The van der Waals surface area contributed by atoms with Crippen LogP contribution in [-0.4, -0.2) is 35.9 Å². The lowest BCUT2D eigenvalue weighted by Gasteiger charge is -2.26. The van der Waals surface area contributed by atoms with Crippen LogP contribution >= 0.6 is 0 Å². The summed E-state index contributed by atoms with van der Waals surface area (Å²) in [5.74, 6) is -0.104. The topological polar surface area (TPSA) is 58.6 Å². The Balaban J connectivity index is 2.30. The van der Waals surface area contributed by atoms with Gasteiger partial charge in [-0.2, -0.15) is 0 Å². The second kappa shape index (κ2) is 5.15. The molecule has 0 aromatic rings. The lowest BCUT2D eigenvalue weighted by molar-refractivity contribution is -0.132. The first kappa shape index (κ1) is 13.5. The molecule has 1 fully saturated rings. The number of hydrogen-bond acceptors (Lipinski definition) is 3. The van der Waals surface area contributed by atoms with Crippen molar-refractivity contribution in [1.29, 1.82) is 0 Å². The maximum absolute atomic E-state index is 11.7. The summed E-state index contributed by atoms with van der Waals surface area (Å²) in [6.07, 6.45) is 1.01. The fourth-order valence-electron chi connectivity index (χ4n) is 1.61. The Labute approximate surface area is 97.4 Å². The van der Waals surface area contributed by atoms with E-state index in [0.717, 1.165) is 12.8 Å². The molecule has 0 aromatic carbocycles. The molecule has 0 radical (unpaired) electrons. The van der Waals surface area contributed by atoms with E-state index in [4.69, 9.17) is 4.74 Å². The van der Waals surface area contributed by atoms with Crippen LogP contribution in [0.15, 0.2) is 0 Å². The molecule has 2 N–H and O–H groups in total. The molecule has 0 saturated carbocycles. The molecular formula is C12H23NO3.